The molecule has 0 aliphatic carbocycles. The Kier molecular flexibility index (Phi) is 11.6. The molecule has 0 aromatic heterocycles. The van der Waals surface area contributed by atoms with Crippen molar-refractivity contribution in [1.82, 2.24) is 0 Å². The van der Waals surface area contributed by atoms with Crippen molar-refractivity contribution in [2.75, 3.05) is 6.61 Å². The molecule has 0 heterocycles. The number of hydrogen-bond acceptors (Lipinski definition) is 4. The van der Waals surface area contributed by atoms with Crippen molar-refractivity contribution in [1.29, 1.82) is 0 Å². The van der Waals surface area contributed by atoms with Crippen LogP contribution in [0.4, 0.5) is 0 Å². The van der Waals surface area contributed by atoms with Crippen LogP contribution in [0.15, 0.2) is 18.2 Å². The Morgan fingerprint density at radius 2 is 1.24 bits per heavy atom. The van der Waals surface area contributed by atoms with Crippen molar-refractivity contribution in [3.63, 3.8) is 0 Å². The van der Waals surface area contributed by atoms with E-state index in [-0.39, 0.29) is 17.1 Å². The van der Waals surface area contributed by atoms with Gasteiger partial charge in [0, 0.05) is 0 Å². The predicted octanol–water partition coefficient (Wildman–Crippen LogP) is 5.96. The maximum atomic E-state index is 11.8. The average Bonchev–Trinajstić information content (AvgIpc) is 2.59. The molecular formula is C21H34O4. The van der Waals surface area contributed by atoms with Gasteiger partial charge >= 0.3 is 5.97 Å². The first-order chi connectivity index (χ1) is 12.2. The second kappa shape index (κ2) is 13.6. The fourth-order valence-electron chi connectivity index (χ4n) is 2.92. The summed E-state index contributed by atoms with van der Waals surface area (Å²) in [5.74, 6) is -1.17. The van der Waals surface area contributed by atoms with Gasteiger partial charge in [0.05, 0.1) is 6.61 Å². The molecule has 0 atom stereocenters. The Balaban J connectivity index is 1.96. The molecule has 0 aliphatic heterocycles. The molecule has 25 heavy (non-hydrogen) atoms. The Bertz CT molecular complexity index is 465. The molecule has 1 aromatic rings. The maximum absolute atomic E-state index is 11.8. The number of benzene rings is 1. The van der Waals surface area contributed by atoms with Gasteiger partial charge in [-0.05, 0) is 18.6 Å². The number of phenols is 2. The van der Waals surface area contributed by atoms with Crippen molar-refractivity contribution in [2.24, 2.45) is 0 Å². The van der Waals surface area contributed by atoms with E-state index in [9.17, 15) is 15.0 Å². The van der Waals surface area contributed by atoms with Gasteiger partial charge in [0.2, 0.25) is 0 Å². The maximum Gasteiger partial charge on any atom is 0.345 e. The van der Waals surface area contributed by atoms with E-state index in [0.29, 0.717) is 6.61 Å². The van der Waals surface area contributed by atoms with Crippen molar-refractivity contribution < 1.29 is 19.7 Å². The lowest BCUT2D eigenvalue weighted by atomic mass is 10.1. The smallest absolute Gasteiger partial charge is 0.345 e. The lowest BCUT2D eigenvalue weighted by molar-refractivity contribution is 0.0491. The van der Waals surface area contributed by atoms with Crippen LogP contribution in [-0.4, -0.2) is 22.8 Å². The number of carbonyl (C=O) groups is 1. The highest BCUT2D eigenvalue weighted by atomic mass is 16.5. The second-order valence-electron chi connectivity index (χ2n) is 6.70. The molecule has 4 heteroatoms. The number of esters is 1. The molecule has 1 aromatic carbocycles. The van der Waals surface area contributed by atoms with Gasteiger partial charge in [-0.25, -0.2) is 4.79 Å². The van der Waals surface area contributed by atoms with Crippen LogP contribution in [0.25, 0.3) is 0 Å². The zero-order chi connectivity index (χ0) is 18.3. The van der Waals surface area contributed by atoms with E-state index in [0.717, 1.165) is 19.3 Å². The van der Waals surface area contributed by atoms with Crippen LogP contribution in [0.3, 0.4) is 0 Å². The number of carbonyl (C=O) groups excluding carboxylic acids is 1. The third-order valence-electron chi connectivity index (χ3n) is 4.46. The Labute approximate surface area is 152 Å². The topological polar surface area (TPSA) is 66.8 Å². The van der Waals surface area contributed by atoms with Crippen LogP contribution in [0, 0.1) is 0 Å². The largest absolute Gasteiger partial charge is 0.507 e. The van der Waals surface area contributed by atoms with E-state index in [2.05, 4.69) is 6.92 Å². The minimum absolute atomic E-state index is 0.151. The van der Waals surface area contributed by atoms with Crippen LogP contribution in [0.5, 0.6) is 11.5 Å². The SMILES string of the molecule is CCCCCCCCCCCCCCOC(=O)c1c(O)cccc1O. The van der Waals surface area contributed by atoms with Crippen molar-refractivity contribution in [3.05, 3.63) is 23.8 Å². The molecular weight excluding hydrogens is 316 g/mol. The summed E-state index contributed by atoms with van der Waals surface area (Å²) in [6, 6.07) is 4.20. The first-order valence-corrected chi connectivity index (χ1v) is 9.85. The Hall–Kier alpha value is -1.71. The van der Waals surface area contributed by atoms with Gasteiger partial charge in [-0.15, -0.1) is 0 Å². The van der Waals surface area contributed by atoms with E-state index in [4.69, 9.17) is 4.74 Å². The molecule has 0 fully saturated rings. The highest BCUT2D eigenvalue weighted by Gasteiger charge is 2.17. The fraction of sp³-hybridized carbons (Fsp3) is 0.667. The van der Waals surface area contributed by atoms with Crippen LogP contribution in [-0.2, 0) is 4.74 Å². The highest BCUT2D eigenvalue weighted by Crippen LogP contribution is 2.26. The molecule has 1 rings (SSSR count). The molecule has 0 unspecified atom stereocenters. The highest BCUT2D eigenvalue weighted by molar-refractivity contribution is 5.95. The van der Waals surface area contributed by atoms with E-state index in [1.54, 1.807) is 0 Å². The summed E-state index contributed by atoms with van der Waals surface area (Å²) in [7, 11) is 0. The van der Waals surface area contributed by atoms with Gasteiger partial charge in [-0.3, -0.25) is 0 Å². The van der Waals surface area contributed by atoms with Gasteiger partial charge in [0.1, 0.15) is 17.1 Å². The Morgan fingerprint density at radius 1 is 0.800 bits per heavy atom. The summed E-state index contributed by atoms with van der Waals surface area (Å²) in [4.78, 5) is 11.8. The quantitative estimate of drug-likeness (QED) is 0.321. The van der Waals surface area contributed by atoms with Gasteiger partial charge in [-0.2, -0.15) is 0 Å². The molecule has 0 amide bonds. The molecule has 0 radical (unpaired) electrons. The van der Waals surface area contributed by atoms with E-state index in [1.807, 2.05) is 0 Å². The van der Waals surface area contributed by atoms with E-state index < -0.39 is 5.97 Å². The lowest BCUT2D eigenvalue weighted by Gasteiger charge is -2.08. The minimum atomic E-state index is -0.668. The third-order valence-corrected chi connectivity index (χ3v) is 4.46. The zero-order valence-electron chi connectivity index (χ0n) is 15.6. The number of ether oxygens (including phenoxy) is 1. The van der Waals surface area contributed by atoms with Crippen molar-refractivity contribution in [3.8, 4) is 11.5 Å². The van der Waals surface area contributed by atoms with Gasteiger partial charge in [0.25, 0.3) is 0 Å². The second-order valence-corrected chi connectivity index (χ2v) is 6.70. The fourth-order valence-corrected chi connectivity index (χ4v) is 2.92. The van der Waals surface area contributed by atoms with Crippen molar-refractivity contribution in [2.45, 2.75) is 84.0 Å². The summed E-state index contributed by atoms with van der Waals surface area (Å²) in [6.45, 7) is 2.57. The predicted molar refractivity (Wildman–Crippen MR) is 101 cm³/mol. The monoisotopic (exact) mass is 350 g/mol. The normalized spacial score (nSPS) is 10.8. The van der Waals surface area contributed by atoms with Crippen molar-refractivity contribution >= 4 is 5.97 Å². The summed E-state index contributed by atoms with van der Waals surface area (Å²) < 4.78 is 5.12. The summed E-state index contributed by atoms with van der Waals surface area (Å²) in [5.41, 5.74) is -0.151. The zero-order valence-corrected chi connectivity index (χ0v) is 15.6. The number of rotatable bonds is 14. The molecule has 0 saturated heterocycles. The third kappa shape index (κ3) is 9.37. The summed E-state index contributed by atoms with van der Waals surface area (Å²) in [5, 5.41) is 19.2. The molecule has 0 bridgehead atoms. The minimum Gasteiger partial charge on any atom is -0.507 e. The molecule has 0 saturated carbocycles. The van der Waals surface area contributed by atoms with Crippen LogP contribution in [0.1, 0.15) is 94.3 Å². The molecule has 0 spiro atoms. The van der Waals surface area contributed by atoms with Crippen LogP contribution >= 0.6 is 0 Å². The molecule has 4 nitrogen and oxygen atoms in total. The first-order valence-electron chi connectivity index (χ1n) is 9.85. The first kappa shape index (κ1) is 21.3. The molecule has 0 aliphatic rings. The van der Waals surface area contributed by atoms with E-state index in [1.165, 1.54) is 76.0 Å². The van der Waals surface area contributed by atoms with Gasteiger partial charge < -0.3 is 14.9 Å². The number of unbranched alkanes of at least 4 members (excludes halogenated alkanes) is 11. The number of hydrogen-bond donors (Lipinski definition) is 2. The summed E-state index contributed by atoms with van der Waals surface area (Å²) in [6.07, 6.45) is 15.0. The number of phenolic OH excluding ortho intramolecular Hbond substituents is 2. The molecule has 2 N–H and O–H groups in total. The lowest BCUT2D eigenvalue weighted by Crippen LogP contribution is -2.07. The Morgan fingerprint density at radius 3 is 1.72 bits per heavy atom. The van der Waals surface area contributed by atoms with Gasteiger partial charge in [0.15, 0.2) is 0 Å². The number of aromatic hydroxyl groups is 2. The van der Waals surface area contributed by atoms with E-state index >= 15 is 0 Å². The van der Waals surface area contributed by atoms with Gasteiger partial charge in [-0.1, -0.05) is 83.6 Å². The molecule has 142 valence electrons. The van der Waals surface area contributed by atoms with Crippen LogP contribution < -0.4 is 0 Å². The van der Waals surface area contributed by atoms with Crippen LogP contribution in [0.2, 0.25) is 0 Å². The standard InChI is InChI=1S/C21H34O4/c1-2-3-4-5-6-7-8-9-10-11-12-13-17-25-21(24)20-18(22)15-14-16-19(20)23/h14-16,22-23H,2-13,17H2,1H3. The average molecular weight is 350 g/mol. The summed E-state index contributed by atoms with van der Waals surface area (Å²) >= 11 is 0.